The molecule has 1 saturated heterocycles. The van der Waals surface area contributed by atoms with Gasteiger partial charge in [0.1, 0.15) is 28.4 Å². The number of allylic oxidation sites excluding steroid dienone is 3. The number of aliphatic hydroxyl groups excluding tert-OH is 1. The van der Waals surface area contributed by atoms with Crippen LogP contribution in [0.2, 0.25) is 0 Å². The molecule has 2 fully saturated rings. The molecule has 47 heavy (non-hydrogen) atoms. The molecule has 7 rings (SSSR count). The molecule has 3 aliphatic carbocycles. The van der Waals surface area contributed by atoms with Crippen LogP contribution < -0.4 is 14.8 Å². The van der Waals surface area contributed by atoms with E-state index in [-0.39, 0.29) is 40.4 Å². The van der Waals surface area contributed by atoms with Crippen LogP contribution in [0, 0.1) is 11.8 Å². The molecule has 1 unspecified atom stereocenters. The normalized spacial score (nSPS) is 29.4. The number of phenols is 1. The maximum Gasteiger partial charge on any atom is 0.328 e. The standard InChI is InChI=1S/C36H41NO10/c1-17(2)8-9-21-28-20(11-12-33(4,5)45-28)26(39)25-27(40)22-14-19-15-24-34(6,7)47-35(30(19)41,36(22,24)46-29(21)25)13-10-18(3)31(42)37-23(16-38)32(43)44/h8,10-12,14,19,23-24,38-39H,9,13,15-16H2,1-7H3,(H,37,42)(H,43,44)/b18-10-/t19-,23-,24?,35+,36-/m0/s1. The van der Waals surface area contributed by atoms with Crippen molar-refractivity contribution in [3.63, 3.8) is 0 Å². The Hall–Kier alpha value is -4.22. The van der Waals surface area contributed by atoms with Gasteiger partial charge in [-0.25, -0.2) is 4.79 Å². The second-order valence-corrected chi connectivity index (χ2v) is 14.5. The molecule has 6 aliphatic rings. The summed E-state index contributed by atoms with van der Waals surface area (Å²) in [5.74, 6) is -3.71. The second-order valence-electron chi connectivity index (χ2n) is 14.5. The molecule has 4 N–H and O–H groups in total. The fourth-order valence-electron chi connectivity index (χ4n) is 7.91. The van der Waals surface area contributed by atoms with Gasteiger partial charge in [-0.1, -0.05) is 23.8 Å². The summed E-state index contributed by atoms with van der Waals surface area (Å²) in [6, 6.07) is -1.51. The highest BCUT2D eigenvalue weighted by atomic mass is 16.6. The number of carbonyl (C=O) groups is 4. The predicted molar refractivity (Wildman–Crippen MR) is 170 cm³/mol. The van der Waals surface area contributed by atoms with E-state index in [1.807, 2.05) is 53.7 Å². The molecule has 4 bridgehead atoms. The van der Waals surface area contributed by atoms with Gasteiger partial charge >= 0.3 is 5.97 Å². The summed E-state index contributed by atoms with van der Waals surface area (Å²) in [5, 5.41) is 32.6. The maximum absolute atomic E-state index is 14.7. The third-order valence-electron chi connectivity index (χ3n) is 10.2. The molecule has 5 atom stereocenters. The van der Waals surface area contributed by atoms with Crippen LogP contribution in [0.4, 0.5) is 0 Å². The number of amides is 1. The SMILES string of the molecule is CC(C)=CCc1c2c(c(O)c3c1O[C@@]14C(=C[C@H]5CC1C(C)(C)O[C@]4(C/C=C(/C)C(=O)N[C@@H](CO)C(=O)O)C5=O)C3=O)C=CC(C)(C)O2. The molecule has 3 heterocycles. The molecule has 1 saturated carbocycles. The van der Waals surface area contributed by atoms with Gasteiger partial charge in [0, 0.05) is 35.0 Å². The maximum atomic E-state index is 14.7. The minimum Gasteiger partial charge on any atom is -0.506 e. The summed E-state index contributed by atoms with van der Waals surface area (Å²) in [6.07, 6.45) is 9.25. The summed E-state index contributed by atoms with van der Waals surface area (Å²) >= 11 is 0. The van der Waals surface area contributed by atoms with E-state index in [1.54, 1.807) is 12.2 Å². The van der Waals surface area contributed by atoms with Crippen molar-refractivity contribution in [1.82, 2.24) is 5.32 Å². The predicted octanol–water partition coefficient (Wildman–Crippen LogP) is 3.99. The lowest BCUT2D eigenvalue weighted by Gasteiger charge is -2.56. The molecule has 1 spiro atoms. The number of carboxylic acid groups (broad SMARTS) is 1. The largest absolute Gasteiger partial charge is 0.506 e. The van der Waals surface area contributed by atoms with Gasteiger partial charge in [-0.3, -0.25) is 14.4 Å². The van der Waals surface area contributed by atoms with Crippen LogP contribution >= 0.6 is 0 Å². The fraction of sp³-hybridized carbons (Fsp3) is 0.500. The average molecular weight is 648 g/mol. The molecular formula is C36H41NO10. The molecular weight excluding hydrogens is 606 g/mol. The lowest BCUT2D eigenvalue weighted by molar-refractivity contribution is -0.171. The first-order valence-corrected chi connectivity index (χ1v) is 15.9. The Bertz CT molecular complexity index is 1760. The van der Waals surface area contributed by atoms with Crippen molar-refractivity contribution >= 4 is 29.5 Å². The number of hydrogen-bond donors (Lipinski definition) is 4. The van der Waals surface area contributed by atoms with Crippen molar-refractivity contribution in [3.8, 4) is 17.2 Å². The molecule has 1 amide bonds. The highest BCUT2D eigenvalue weighted by Crippen LogP contribution is 2.68. The van der Waals surface area contributed by atoms with Gasteiger partial charge in [-0.15, -0.1) is 0 Å². The second kappa shape index (κ2) is 10.6. The number of rotatable bonds is 8. The minimum atomic E-state index is -1.72. The number of ether oxygens (including phenoxy) is 3. The van der Waals surface area contributed by atoms with Gasteiger partial charge < -0.3 is 34.8 Å². The van der Waals surface area contributed by atoms with E-state index in [0.717, 1.165) is 5.57 Å². The molecule has 0 radical (unpaired) electrons. The van der Waals surface area contributed by atoms with E-state index in [2.05, 4.69) is 5.32 Å². The van der Waals surface area contributed by atoms with Crippen molar-refractivity contribution in [2.24, 2.45) is 11.8 Å². The molecule has 1 aromatic carbocycles. The number of carboxylic acids is 1. The lowest BCUT2D eigenvalue weighted by atomic mass is 9.51. The molecule has 250 valence electrons. The number of aliphatic carboxylic acids is 1. The Kier molecular flexibility index (Phi) is 7.41. The molecule has 11 heteroatoms. The average Bonchev–Trinajstić information content (AvgIpc) is 3.14. The number of Topliss-reactive ketones (excluding diaryl/α,β-unsaturated/α-hetero) is 2. The number of aliphatic hydroxyl groups is 1. The monoisotopic (exact) mass is 647 g/mol. The van der Waals surface area contributed by atoms with E-state index in [0.29, 0.717) is 29.7 Å². The summed E-state index contributed by atoms with van der Waals surface area (Å²) in [5.41, 5.74) is -2.64. The van der Waals surface area contributed by atoms with Crippen LogP contribution in [0.1, 0.15) is 82.8 Å². The Labute approximate surface area is 273 Å². The highest BCUT2D eigenvalue weighted by Gasteiger charge is 2.81. The van der Waals surface area contributed by atoms with Gasteiger partial charge in [0.25, 0.3) is 0 Å². The van der Waals surface area contributed by atoms with Crippen molar-refractivity contribution in [3.05, 3.63) is 57.7 Å². The molecule has 1 aromatic rings. The first-order valence-electron chi connectivity index (χ1n) is 15.9. The van der Waals surface area contributed by atoms with Crippen molar-refractivity contribution in [2.75, 3.05) is 6.61 Å². The summed E-state index contributed by atoms with van der Waals surface area (Å²) in [4.78, 5) is 53.4. The summed E-state index contributed by atoms with van der Waals surface area (Å²) in [6.45, 7) is 12.1. The zero-order chi connectivity index (χ0) is 34.4. The first kappa shape index (κ1) is 32.7. The van der Waals surface area contributed by atoms with Crippen molar-refractivity contribution < 1.29 is 48.7 Å². The number of nitrogens with one attached hydrogen (secondary N) is 1. The van der Waals surface area contributed by atoms with Gasteiger partial charge in [0.15, 0.2) is 28.8 Å². The van der Waals surface area contributed by atoms with E-state index < -0.39 is 64.5 Å². The highest BCUT2D eigenvalue weighted by molar-refractivity contribution is 6.19. The van der Waals surface area contributed by atoms with E-state index in [4.69, 9.17) is 14.2 Å². The number of fused-ring (bicyclic) bond motifs is 2. The zero-order valence-corrected chi connectivity index (χ0v) is 27.6. The molecule has 11 nitrogen and oxygen atoms in total. The van der Waals surface area contributed by atoms with E-state index >= 15 is 0 Å². The van der Waals surface area contributed by atoms with Gasteiger partial charge in [-0.2, -0.15) is 0 Å². The van der Waals surface area contributed by atoms with Gasteiger partial charge in [0.05, 0.1) is 17.8 Å². The minimum absolute atomic E-state index is 0.00732. The first-order chi connectivity index (χ1) is 21.9. The van der Waals surface area contributed by atoms with E-state index in [1.165, 1.54) is 13.0 Å². The number of benzene rings is 1. The molecule has 0 aromatic heterocycles. The Morgan fingerprint density at radius 1 is 1.09 bits per heavy atom. The Morgan fingerprint density at radius 2 is 1.79 bits per heavy atom. The summed E-state index contributed by atoms with van der Waals surface area (Å²) in [7, 11) is 0. The quantitative estimate of drug-likeness (QED) is 0.239. The van der Waals surface area contributed by atoms with Crippen LogP contribution in [-0.4, -0.2) is 73.8 Å². The topological polar surface area (TPSA) is 169 Å². The third-order valence-corrected chi connectivity index (χ3v) is 10.2. The van der Waals surface area contributed by atoms with Crippen LogP contribution in [0.5, 0.6) is 17.2 Å². The number of aromatic hydroxyl groups is 1. The number of hydrogen-bond acceptors (Lipinski definition) is 9. The third kappa shape index (κ3) is 4.61. The lowest BCUT2D eigenvalue weighted by Crippen LogP contribution is -2.72. The zero-order valence-electron chi connectivity index (χ0n) is 27.6. The number of ketones is 2. The van der Waals surface area contributed by atoms with Crippen molar-refractivity contribution in [1.29, 1.82) is 0 Å². The smallest absolute Gasteiger partial charge is 0.328 e. The number of carbonyl (C=O) groups excluding carboxylic acids is 3. The van der Waals surface area contributed by atoms with Crippen LogP contribution in [-0.2, 0) is 25.5 Å². The van der Waals surface area contributed by atoms with Crippen LogP contribution in [0.15, 0.2) is 41.0 Å². The van der Waals surface area contributed by atoms with Crippen LogP contribution in [0.25, 0.3) is 6.08 Å². The Morgan fingerprint density at radius 3 is 2.43 bits per heavy atom. The Balaban J connectivity index is 1.54. The van der Waals surface area contributed by atoms with Gasteiger partial charge in [0.2, 0.25) is 5.91 Å². The van der Waals surface area contributed by atoms with Crippen molar-refractivity contribution in [2.45, 2.75) is 96.2 Å². The van der Waals surface area contributed by atoms with E-state index in [9.17, 15) is 34.5 Å². The van der Waals surface area contributed by atoms with Gasteiger partial charge in [-0.05, 0) is 73.5 Å². The number of phenolic OH excluding ortho intramolecular Hbond substituents is 1. The van der Waals surface area contributed by atoms with Crippen LogP contribution in [0.3, 0.4) is 0 Å². The molecule has 3 aliphatic heterocycles. The fourth-order valence-corrected chi connectivity index (χ4v) is 7.91. The summed E-state index contributed by atoms with van der Waals surface area (Å²) < 4.78 is 20.2.